The van der Waals surface area contributed by atoms with Crippen LogP contribution in [0, 0.1) is 18.7 Å². The Morgan fingerprint density at radius 2 is 1.95 bits per heavy atom. The van der Waals surface area contributed by atoms with E-state index in [1.54, 1.807) is 13.0 Å². The topological polar surface area (TPSA) is 53.1 Å². The van der Waals surface area contributed by atoms with E-state index in [1.165, 1.54) is 17.2 Å². The molecular formula is C37H50FN3O3. The summed E-state index contributed by atoms with van der Waals surface area (Å²) in [6, 6.07) is 11.8. The van der Waals surface area contributed by atoms with E-state index in [0.29, 0.717) is 18.5 Å². The van der Waals surface area contributed by atoms with E-state index in [-0.39, 0.29) is 41.6 Å². The van der Waals surface area contributed by atoms with Gasteiger partial charge in [-0.15, -0.1) is 6.58 Å². The standard InChI is InChI=1S/C37H50FN3O3/c1-5-10-29(11-6-2)41(30-15-16-33(38)26(4)22-30)37(43)25-40-24-32(27-14-17-35-28(23-27)18-21-44-35)31(7-3)34(40)12-8-19-39-20-9-13-36(39)42/h7,14-17,22-23,29,31-32,34H,3,5-6,8-13,18-21,24-25H2,1-2,4H3/t31-,32-,34+/m1/s1. The fourth-order valence-corrected chi connectivity index (χ4v) is 7.75. The molecule has 2 fully saturated rings. The number of anilines is 1. The van der Waals surface area contributed by atoms with E-state index in [4.69, 9.17) is 4.74 Å². The number of nitrogens with zero attached hydrogens (tertiary/aromatic N) is 3. The number of fused-ring (bicyclic) bond motifs is 1. The first-order valence-electron chi connectivity index (χ1n) is 16.8. The van der Waals surface area contributed by atoms with Crippen LogP contribution < -0.4 is 9.64 Å². The van der Waals surface area contributed by atoms with Gasteiger partial charge in [-0.25, -0.2) is 4.39 Å². The summed E-state index contributed by atoms with van der Waals surface area (Å²) in [5.41, 5.74) is 3.85. The van der Waals surface area contributed by atoms with Crippen molar-refractivity contribution in [2.75, 3.05) is 37.7 Å². The Balaban J connectivity index is 1.42. The Kier molecular flexibility index (Phi) is 10.8. The van der Waals surface area contributed by atoms with Crippen molar-refractivity contribution in [2.45, 2.75) is 96.6 Å². The van der Waals surface area contributed by atoms with Crippen molar-refractivity contribution in [3.05, 3.63) is 71.6 Å². The van der Waals surface area contributed by atoms with Crippen LogP contribution >= 0.6 is 0 Å². The van der Waals surface area contributed by atoms with E-state index < -0.39 is 0 Å². The van der Waals surface area contributed by atoms with Crippen LogP contribution in [0.3, 0.4) is 0 Å². The predicted octanol–water partition coefficient (Wildman–Crippen LogP) is 7.04. The highest BCUT2D eigenvalue weighted by molar-refractivity contribution is 5.95. The fourth-order valence-electron chi connectivity index (χ4n) is 7.75. The van der Waals surface area contributed by atoms with E-state index in [2.05, 4.69) is 49.6 Å². The summed E-state index contributed by atoms with van der Waals surface area (Å²) in [6.45, 7) is 13.7. The van der Waals surface area contributed by atoms with Gasteiger partial charge in [0.25, 0.3) is 0 Å². The molecule has 0 saturated carbocycles. The molecule has 0 aliphatic carbocycles. The largest absolute Gasteiger partial charge is 0.493 e. The van der Waals surface area contributed by atoms with Crippen molar-refractivity contribution in [3.8, 4) is 5.75 Å². The number of amides is 2. The number of hydrogen-bond donors (Lipinski definition) is 0. The van der Waals surface area contributed by atoms with Crippen LogP contribution in [0.15, 0.2) is 49.1 Å². The lowest BCUT2D eigenvalue weighted by Gasteiger charge is -2.35. The van der Waals surface area contributed by atoms with Crippen LogP contribution in [-0.4, -0.2) is 66.5 Å². The molecule has 2 amide bonds. The van der Waals surface area contributed by atoms with Gasteiger partial charge in [0, 0.05) is 62.1 Å². The average Bonchev–Trinajstić information content (AvgIpc) is 3.73. The molecule has 0 N–H and O–H groups in total. The molecule has 0 bridgehead atoms. The number of likely N-dealkylation sites (tertiary alicyclic amines) is 2. The molecule has 0 radical (unpaired) electrons. The summed E-state index contributed by atoms with van der Waals surface area (Å²) in [5, 5.41) is 0. The zero-order valence-corrected chi connectivity index (χ0v) is 26.9. The Labute approximate surface area is 263 Å². The second-order valence-electron chi connectivity index (χ2n) is 12.9. The molecule has 7 heteroatoms. The Morgan fingerprint density at radius 1 is 1.16 bits per heavy atom. The van der Waals surface area contributed by atoms with Gasteiger partial charge in [-0.1, -0.05) is 44.9 Å². The third-order valence-corrected chi connectivity index (χ3v) is 9.96. The summed E-state index contributed by atoms with van der Waals surface area (Å²) < 4.78 is 20.1. The SMILES string of the molecule is C=C[C@@H]1[C@@H](c2ccc3c(c2)CCO3)CN(CC(=O)N(c2ccc(F)c(C)c2)C(CCC)CCC)[C@H]1CCCN1CCCC1=O. The highest BCUT2D eigenvalue weighted by Crippen LogP contribution is 2.42. The number of aryl methyl sites for hydroxylation is 1. The van der Waals surface area contributed by atoms with E-state index in [0.717, 1.165) is 89.0 Å². The maximum absolute atomic E-state index is 14.4. The van der Waals surface area contributed by atoms with Crippen LogP contribution in [0.5, 0.6) is 5.75 Å². The van der Waals surface area contributed by atoms with Crippen LogP contribution in [-0.2, 0) is 16.0 Å². The van der Waals surface area contributed by atoms with Gasteiger partial charge in [0.2, 0.25) is 11.8 Å². The molecule has 0 unspecified atom stereocenters. The van der Waals surface area contributed by atoms with Gasteiger partial charge >= 0.3 is 0 Å². The molecule has 2 aromatic carbocycles. The maximum Gasteiger partial charge on any atom is 0.241 e. The monoisotopic (exact) mass is 603 g/mol. The lowest BCUT2D eigenvalue weighted by molar-refractivity contribution is -0.127. The van der Waals surface area contributed by atoms with Gasteiger partial charge in [0.15, 0.2) is 0 Å². The molecule has 3 aliphatic rings. The summed E-state index contributed by atoms with van der Waals surface area (Å²) in [6.07, 6.45) is 10.1. The number of carbonyl (C=O) groups excluding carboxylic acids is 2. The van der Waals surface area contributed by atoms with Crippen molar-refractivity contribution in [1.29, 1.82) is 0 Å². The number of hydrogen-bond acceptors (Lipinski definition) is 4. The molecule has 3 aliphatic heterocycles. The summed E-state index contributed by atoms with van der Waals surface area (Å²) in [5.74, 6) is 1.44. The van der Waals surface area contributed by atoms with E-state index >= 15 is 0 Å². The van der Waals surface area contributed by atoms with E-state index in [1.807, 2.05) is 15.9 Å². The number of ether oxygens (including phenoxy) is 1. The van der Waals surface area contributed by atoms with Gasteiger partial charge in [-0.05, 0) is 80.0 Å². The molecule has 0 spiro atoms. The van der Waals surface area contributed by atoms with Crippen LogP contribution in [0.2, 0.25) is 0 Å². The smallest absolute Gasteiger partial charge is 0.241 e. The molecule has 2 saturated heterocycles. The Morgan fingerprint density at radius 3 is 2.64 bits per heavy atom. The molecular weight excluding hydrogens is 553 g/mol. The van der Waals surface area contributed by atoms with Crippen molar-refractivity contribution >= 4 is 17.5 Å². The second-order valence-corrected chi connectivity index (χ2v) is 12.9. The number of carbonyl (C=O) groups is 2. The first-order chi connectivity index (χ1) is 21.3. The fraction of sp³-hybridized carbons (Fsp3) is 0.568. The average molecular weight is 604 g/mol. The van der Waals surface area contributed by atoms with Gasteiger partial charge in [-0.2, -0.15) is 0 Å². The zero-order chi connectivity index (χ0) is 31.2. The molecule has 238 valence electrons. The minimum atomic E-state index is -0.254. The first kappa shape index (κ1) is 32.2. The zero-order valence-electron chi connectivity index (χ0n) is 26.9. The second kappa shape index (κ2) is 14.7. The highest BCUT2D eigenvalue weighted by Gasteiger charge is 2.42. The molecule has 2 aromatic rings. The summed E-state index contributed by atoms with van der Waals surface area (Å²) in [7, 11) is 0. The van der Waals surface area contributed by atoms with Crippen LogP contribution in [0.4, 0.5) is 10.1 Å². The summed E-state index contributed by atoms with van der Waals surface area (Å²) in [4.78, 5) is 33.1. The number of halogens is 1. The Hall–Kier alpha value is -3.19. The maximum atomic E-state index is 14.4. The summed E-state index contributed by atoms with van der Waals surface area (Å²) >= 11 is 0. The van der Waals surface area contributed by atoms with Crippen molar-refractivity contribution in [3.63, 3.8) is 0 Å². The van der Waals surface area contributed by atoms with Crippen molar-refractivity contribution in [1.82, 2.24) is 9.80 Å². The predicted molar refractivity (Wildman–Crippen MR) is 175 cm³/mol. The molecule has 6 nitrogen and oxygen atoms in total. The Bertz CT molecular complexity index is 1320. The minimum Gasteiger partial charge on any atom is -0.493 e. The minimum absolute atomic E-state index is 0.0623. The van der Waals surface area contributed by atoms with Crippen LogP contribution in [0.25, 0.3) is 0 Å². The molecule has 3 heterocycles. The number of rotatable bonds is 14. The third kappa shape index (κ3) is 7.03. The van der Waals surface area contributed by atoms with E-state index in [9.17, 15) is 14.0 Å². The molecule has 44 heavy (non-hydrogen) atoms. The van der Waals surface area contributed by atoms with Gasteiger partial charge in [-0.3, -0.25) is 14.5 Å². The van der Waals surface area contributed by atoms with Gasteiger partial charge < -0.3 is 14.5 Å². The number of benzene rings is 2. The third-order valence-electron chi connectivity index (χ3n) is 9.96. The first-order valence-corrected chi connectivity index (χ1v) is 16.8. The molecule has 3 atom stereocenters. The van der Waals surface area contributed by atoms with Gasteiger partial charge in [0.1, 0.15) is 11.6 Å². The lowest BCUT2D eigenvalue weighted by atomic mass is 9.83. The lowest BCUT2D eigenvalue weighted by Crippen LogP contribution is -2.47. The van der Waals surface area contributed by atoms with Gasteiger partial charge in [0.05, 0.1) is 13.2 Å². The van der Waals surface area contributed by atoms with Crippen LogP contribution in [0.1, 0.15) is 87.8 Å². The highest BCUT2D eigenvalue weighted by atomic mass is 19.1. The molecule has 0 aromatic heterocycles. The quantitative estimate of drug-likeness (QED) is 0.217. The van der Waals surface area contributed by atoms with Crippen molar-refractivity contribution in [2.24, 2.45) is 5.92 Å². The molecule has 5 rings (SSSR count). The normalized spacial score (nSPS) is 21.6. The van der Waals surface area contributed by atoms with Crippen molar-refractivity contribution < 1.29 is 18.7 Å².